The SMILES string of the molecule is CSCCC(NC(=O)C(N)CCC(=O)O)C(=O)NC(CCCCN)C(=O)NC(CC(C)C)C(=O)O. The van der Waals surface area contributed by atoms with Gasteiger partial charge in [-0.1, -0.05) is 13.8 Å². The molecule has 0 saturated carbocycles. The van der Waals surface area contributed by atoms with E-state index in [-0.39, 0.29) is 38.0 Å². The average molecular weight is 520 g/mol. The summed E-state index contributed by atoms with van der Waals surface area (Å²) >= 11 is 1.46. The normalized spacial score (nSPS) is 14.5. The molecule has 0 fully saturated rings. The summed E-state index contributed by atoms with van der Waals surface area (Å²) in [6, 6.07) is -4.22. The highest BCUT2D eigenvalue weighted by atomic mass is 32.2. The van der Waals surface area contributed by atoms with Gasteiger partial charge in [0.15, 0.2) is 0 Å². The summed E-state index contributed by atoms with van der Waals surface area (Å²) in [4.78, 5) is 60.6. The second-order valence-corrected chi connectivity index (χ2v) is 9.74. The second-order valence-electron chi connectivity index (χ2n) is 8.76. The third kappa shape index (κ3) is 14.6. The van der Waals surface area contributed by atoms with E-state index >= 15 is 0 Å². The van der Waals surface area contributed by atoms with Crippen molar-refractivity contribution in [2.24, 2.45) is 17.4 Å². The summed E-state index contributed by atoms with van der Waals surface area (Å²) in [5.74, 6) is -3.61. The van der Waals surface area contributed by atoms with Gasteiger partial charge in [0, 0.05) is 6.42 Å². The van der Waals surface area contributed by atoms with Crippen molar-refractivity contribution >= 4 is 41.4 Å². The zero-order chi connectivity index (χ0) is 27.0. The standard InChI is InChI=1S/C22H41N5O7S/c1-13(2)12-17(22(33)34)27-20(31)15(6-4-5-10-23)26-21(32)16(9-11-35-3)25-19(30)14(24)7-8-18(28)29/h13-17H,4-12,23-24H2,1-3H3,(H,25,30)(H,26,32)(H,27,31)(H,28,29)(H,33,34). The van der Waals surface area contributed by atoms with Gasteiger partial charge in [-0.2, -0.15) is 11.8 Å². The summed E-state index contributed by atoms with van der Waals surface area (Å²) in [6.07, 6.45) is 3.31. The molecule has 0 saturated heterocycles. The van der Waals surface area contributed by atoms with Crippen molar-refractivity contribution in [1.82, 2.24) is 16.0 Å². The van der Waals surface area contributed by atoms with E-state index in [2.05, 4.69) is 16.0 Å². The van der Waals surface area contributed by atoms with Gasteiger partial charge in [-0.05, 0) is 63.0 Å². The van der Waals surface area contributed by atoms with Crippen molar-refractivity contribution in [1.29, 1.82) is 0 Å². The number of thioether (sulfide) groups is 1. The first kappa shape index (κ1) is 32.6. The maximum atomic E-state index is 13.0. The van der Waals surface area contributed by atoms with E-state index < -0.39 is 53.8 Å². The van der Waals surface area contributed by atoms with Crippen LogP contribution in [-0.4, -0.2) is 82.6 Å². The number of amides is 3. The van der Waals surface area contributed by atoms with Gasteiger partial charge in [-0.15, -0.1) is 0 Å². The molecule has 202 valence electrons. The summed E-state index contributed by atoms with van der Waals surface area (Å²) in [5.41, 5.74) is 11.3. The smallest absolute Gasteiger partial charge is 0.326 e. The molecule has 3 amide bonds. The molecule has 0 radical (unpaired) electrons. The van der Waals surface area contributed by atoms with Crippen molar-refractivity contribution in [3.8, 4) is 0 Å². The number of carbonyl (C=O) groups is 5. The first-order chi connectivity index (χ1) is 16.4. The van der Waals surface area contributed by atoms with E-state index in [0.717, 1.165) is 0 Å². The van der Waals surface area contributed by atoms with Crippen molar-refractivity contribution in [3.05, 3.63) is 0 Å². The van der Waals surface area contributed by atoms with Crippen LogP contribution in [0.15, 0.2) is 0 Å². The summed E-state index contributed by atoms with van der Waals surface area (Å²) in [7, 11) is 0. The molecule has 9 N–H and O–H groups in total. The highest BCUT2D eigenvalue weighted by molar-refractivity contribution is 7.98. The molecule has 0 heterocycles. The molecule has 0 spiro atoms. The van der Waals surface area contributed by atoms with Gasteiger partial charge < -0.3 is 37.6 Å². The molecular formula is C22H41N5O7S. The Morgan fingerprint density at radius 2 is 1.37 bits per heavy atom. The lowest BCUT2D eigenvalue weighted by molar-refractivity contribution is -0.143. The number of carbonyl (C=O) groups excluding carboxylic acids is 3. The zero-order valence-corrected chi connectivity index (χ0v) is 21.6. The Labute approximate surface area is 210 Å². The highest BCUT2D eigenvalue weighted by Gasteiger charge is 2.30. The minimum atomic E-state index is -1.17. The van der Waals surface area contributed by atoms with Crippen LogP contribution in [-0.2, 0) is 24.0 Å². The Bertz CT molecular complexity index is 708. The zero-order valence-electron chi connectivity index (χ0n) is 20.7. The van der Waals surface area contributed by atoms with Crippen LogP contribution in [0.4, 0.5) is 0 Å². The van der Waals surface area contributed by atoms with Crippen molar-refractivity contribution in [2.75, 3.05) is 18.6 Å². The van der Waals surface area contributed by atoms with Gasteiger partial charge in [0.2, 0.25) is 17.7 Å². The molecule has 12 nitrogen and oxygen atoms in total. The minimum Gasteiger partial charge on any atom is -0.481 e. The quantitative estimate of drug-likeness (QED) is 0.110. The Morgan fingerprint density at radius 3 is 1.86 bits per heavy atom. The fraction of sp³-hybridized carbons (Fsp3) is 0.773. The van der Waals surface area contributed by atoms with Gasteiger partial charge in [0.1, 0.15) is 18.1 Å². The maximum absolute atomic E-state index is 13.0. The third-order valence-corrected chi connectivity index (χ3v) is 5.80. The third-order valence-electron chi connectivity index (χ3n) is 5.15. The number of hydrogen-bond donors (Lipinski definition) is 7. The average Bonchev–Trinajstić information content (AvgIpc) is 2.78. The van der Waals surface area contributed by atoms with Crippen molar-refractivity contribution in [3.63, 3.8) is 0 Å². The number of carboxylic acid groups (broad SMARTS) is 2. The fourth-order valence-electron chi connectivity index (χ4n) is 3.19. The Balaban J connectivity index is 5.45. The molecule has 0 rings (SSSR count). The van der Waals surface area contributed by atoms with Crippen LogP contribution in [0.2, 0.25) is 0 Å². The molecule has 13 heteroatoms. The highest BCUT2D eigenvalue weighted by Crippen LogP contribution is 2.09. The summed E-state index contributed by atoms with van der Waals surface area (Å²) in [6.45, 7) is 4.07. The molecule has 0 aliphatic carbocycles. The Kier molecular flexibility index (Phi) is 16.7. The van der Waals surface area contributed by atoms with E-state index in [1.807, 2.05) is 20.1 Å². The van der Waals surface area contributed by atoms with Gasteiger partial charge in [-0.3, -0.25) is 19.2 Å². The number of aliphatic carboxylic acids is 2. The lowest BCUT2D eigenvalue weighted by atomic mass is 10.0. The first-order valence-corrected chi connectivity index (χ1v) is 13.1. The van der Waals surface area contributed by atoms with E-state index in [1.165, 1.54) is 11.8 Å². The fourth-order valence-corrected chi connectivity index (χ4v) is 3.66. The molecule has 4 atom stereocenters. The van der Waals surface area contributed by atoms with Crippen LogP contribution in [0.25, 0.3) is 0 Å². The van der Waals surface area contributed by atoms with Gasteiger partial charge in [0.05, 0.1) is 6.04 Å². The van der Waals surface area contributed by atoms with Crippen LogP contribution in [0.5, 0.6) is 0 Å². The molecule has 0 bridgehead atoms. The monoisotopic (exact) mass is 519 g/mol. The summed E-state index contributed by atoms with van der Waals surface area (Å²) in [5, 5.41) is 25.9. The van der Waals surface area contributed by atoms with Crippen molar-refractivity contribution in [2.45, 2.75) is 83.0 Å². The number of unbranched alkanes of at least 4 members (excludes halogenated alkanes) is 1. The first-order valence-electron chi connectivity index (χ1n) is 11.7. The van der Waals surface area contributed by atoms with E-state index in [0.29, 0.717) is 25.1 Å². The molecule has 0 aromatic carbocycles. The number of nitrogens with two attached hydrogens (primary N) is 2. The number of rotatable bonds is 19. The number of nitrogens with one attached hydrogen (secondary N) is 3. The van der Waals surface area contributed by atoms with Crippen LogP contribution in [0, 0.1) is 5.92 Å². The van der Waals surface area contributed by atoms with Gasteiger partial charge >= 0.3 is 11.9 Å². The van der Waals surface area contributed by atoms with E-state index in [9.17, 15) is 29.1 Å². The molecule has 4 unspecified atom stereocenters. The van der Waals surface area contributed by atoms with E-state index in [4.69, 9.17) is 16.6 Å². The molecule has 35 heavy (non-hydrogen) atoms. The topological polar surface area (TPSA) is 214 Å². The van der Waals surface area contributed by atoms with Crippen LogP contribution >= 0.6 is 11.8 Å². The Hall–Kier alpha value is -2.38. The van der Waals surface area contributed by atoms with Gasteiger partial charge in [0.25, 0.3) is 0 Å². The summed E-state index contributed by atoms with van der Waals surface area (Å²) < 4.78 is 0. The van der Waals surface area contributed by atoms with E-state index in [1.54, 1.807) is 0 Å². The van der Waals surface area contributed by atoms with Crippen LogP contribution in [0.3, 0.4) is 0 Å². The maximum Gasteiger partial charge on any atom is 0.326 e. The van der Waals surface area contributed by atoms with Crippen LogP contribution < -0.4 is 27.4 Å². The predicted octanol–water partition coefficient (Wildman–Crippen LogP) is -0.354. The van der Waals surface area contributed by atoms with Gasteiger partial charge in [-0.25, -0.2) is 4.79 Å². The lowest BCUT2D eigenvalue weighted by Crippen LogP contribution is -2.57. The lowest BCUT2D eigenvalue weighted by Gasteiger charge is -2.25. The number of hydrogen-bond acceptors (Lipinski definition) is 8. The Morgan fingerprint density at radius 1 is 0.829 bits per heavy atom. The predicted molar refractivity (Wildman–Crippen MR) is 134 cm³/mol. The molecule has 0 aromatic rings. The van der Waals surface area contributed by atoms with Crippen LogP contribution in [0.1, 0.15) is 58.8 Å². The molecule has 0 aliphatic heterocycles. The van der Waals surface area contributed by atoms with Crippen molar-refractivity contribution < 1.29 is 34.2 Å². The second kappa shape index (κ2) is 18.0. The number of carboxylic acids is 2. The largest absolute Gasteiger partial charge is 0.481 e. The molecular weight excluding hydrogens is 478 g/mol. The molecule has 0 aliphatic rings. The minimum absolute atomic E-state index is 0.0261. The molecule has 0 aromatic heterocycles.